The van der Waals surface area contributed by atoms with Gasteiger partial charge in [-0.05, 0) is 42.7 Å². The maximum atomic E-state index is 6.21. The van der Waals surface area contributed by atoms with Crippen LogP contribution < -0.4 is 11.1 Å². The van der Waals surface area contributed by atoms with Crippen molar-refractivity contribution in [1.82, 2.24) is 20.2 Å². The molecule has 0 amide bonds. The highest BCUT2D eigenvalue weighted by Crippen LogP contribution is 2.31. The highest BCUT2D eigenvalue weighted by molar-refractivity contribution is 5.76. The first-order valence-corrected chi connectivity index (χ1v) is 7.54. The number of nitrogens with two attached hydrogens (primary N) is 1. The van der Waals surface area contributed by atoms with Crippen molar-refractivity contribution in [2.24, 2.45) is 7.05 Å². The van der Waals surface area contributed by atoms with Crippen LogP contribution in [0.3, 0.4) is 0 Å². The molecule has 0 radical (unpaired) electrons. The Balaban J connectivity index is 1.85. The summed E-state index contributed by atoms with van der Waals surface area (Å²) in [6.07, 6.45) is 6.41. The minimum absolute atomic E-state index is 0.543. The van der Waals surface area contributed by atoms with E-state index in [1.807, 2.05) is 6.07 Å². The highest BCUT2D eigenvalue weighted by atomic mass is 15.6. The van der Waals surface area contributed by atoms with Crippen LogP contribution in [0.1, 0.15) is 37.7 Å². The molecular formula is C15H22N6. The smallest absolute Gasteiger partial charge is 0.205 e. The molecule has 6 heteroatoms. The molecule has 6 nitrogen and oxygen atoms in total. The molecule has 0 bridgehead atoms. The van der Waals surface area contributed by atoms with Gasteiger partial charge in [-0.25, -0.2) is 0 Å². The fraction of sp³-hybridized carbons (Fsp3) is 0.533. The van der Waals surface area contributed by atoms with Crippen molar-refractivity contribution in [3.63, 3.8) is 0 Å². The Morgan fingerprint density at radius 1 is 1.24 bits per heavy atom. The number of nitrogens with one attached hydrogen (secondary N) is 1. The third kappa shape index (κ3) is 2.99. The van der Waals surface area contributed by atoms with E-state index in [1.54, 1.807) is 7.05 Å². The van der Waals surface area contributed by atoms with Crippen molar-refractivity contribution in [1.29, 1.82) is 0 Å². The van der Waals surface area contributed by atoms with Crippen LogP contribution in [-0.4, -0.2) is 26.2 Å². The second-order valence-corrected chi connectivity index (χ2v) is 5.84. The van der Waals surface area contributed by atoms with Crippen LogP contribution in [0, 0.1) is 6.92 Å². The third-order valence-electron chi connectivity index (χ3n) is 4.11. The number of anilines is 2. The Hall–Kier alpha value is -2.11. The van der Waals surface area contributed by atoms with Crippen LogP contribution in [0.15, 0.2) is 12.1 Å². The second-order valence-electron chi connectivity index (χ2n) is 5.84. The van der Waals surface area contributed by atoms with Gasteiger partial charge in [0.25, 0.3) is 0 Å². The normalized spacial score (nSPS) is 16.1. The molecule has 1 aromatic carbocycles. The van der Waals surface area contributed by atoms with E-state index in [0.717, 1.165) is 22.5 Å². The minimum Gasteiger partial charge on any atom is -0.397 e. The lowest BCUT2D eigenvalue weighted by atomic mass is 9.95. The maximum Gasteiger partial charge on any atom is 0.205 e. The van der Waals surface area contributed by atoms with Crippen LogP contribution in [-0.2, 0) is 7.05 Å². The van der Waals surface area contributed by atoms with Gasteiger partial charge in [0.1, 0.15) is 0 Å². The first-order valence-electron chi connectivity index (χ1n) is 7.54. The highest BCUT2D eigenvalue weighted by Gasteiger charge is 2.16. The van der Waals surface area contributed by atoms with Gasteiger partial charge in [0.05, 0.1) is 18.4 Å². The Morgan fingerprint density at radius 2 is 2.00 bits per heavy atom. The zero-order valence-electron chi connectivity index (χ0n) is 12.6. The van der Waals surface area contributed by atoms with Crippen molar-refractivity contribution < 1.29 is 0 Å². The van der Waals surface area contributed by atoms with E-state index in [1.165, 1.54) is 36.9 Å². The molecule has 112 valence electrons. The summed E-state index contributed by atoms with van der Waals surface area (Å²) in [5, 5.41) is 15.8. The lowest BCUT2D eigenvalue weighted by molar-refractivity contribution is 0.463. The lowest BCUT2D eigenvalue weighted by Gasteiger charge is -2.25. The fourth-order valence-corrected chi connectivity index (χ4v) is 2.95. The van der Waals surface area contributed by atoms with Gasteiger partial charge in [0.15, 0.2) is 0 Å². The summed E-state index contributed by atoms with van der Waals surface area (Å²) in [5.41, 5.74) is 10.0. The summed E-state index contributed by atoms with van der Waals surface area (Å²) in [7, 11) is 1.76. The number of hydrogen-bond donors (Lipinski definition) is 2. The minimum atomic E-state index is 0.543. The molecule has 0 aliphatic heterocycles. The molecule has 21 heavy (non-hydrogen) atoms. The summed E-state index contributed by atoms with van der Waals surface area (Å²) >= 11 is 0. The Bertz CT molecular complexity index is 627. The van der Waals surface area contributed by atoms with E-state index < -0.39 is 0 Å². The van der Waals surface area contributed by atoms with E-state index in [0.29, 0.717) is 11.9 Å². The van der Waals surface area contributed by atoms with E-state index in [4.69, 9.17) is 5.73 Å². The maximum absolute atomic E-state index is 6.21. The first kappa shape index (κ1) is 13.9. The SMILES string of the molecule is Cc1cc(NC2CCCCC2)c(N)cc1-c1nnn(C)n1. The summed E-state index contributed by atoms with van der Waals surface area (Å²) in [5.74, 6) is 0.617. The number of rotatable bonds is 3. The molecular weight excluding hydrogens is 264 g/mol. The standard InChI is InChI=1S/C15H22N6/c1-10-8-14(17-11-6-4-3-5-7-11)13(16)9-12(10)15-18-20-21(2)19-15/h8-9,11,17H,3-7,16H2,1-2H3. The number of aromatic nitrogens is 4. The molecule has 2 aromatic rings. The molecule has 1 saturated carbocycles. The molecule has 0 spiro atoms. The van der Waals surface area contributed by atoms with Crippen molar-refractivity contribution >= 4 is 11.4 Å². The van der Waals surface area contributed by atoms with E-state index in [9.17, 15) is 0 Å². The summed E-state index contributed by atoms with van der Waals surface area (Å²) in [6, 6.07) is 4.58. The molecule has 1 aromatic heterocycles. The van der Waals surface area contributed by atoms with Gasteiger partial charge in [0.2, 0.25) is 5.82 Å². The predicted molar refractivity (Wildman–Crippen MR) is 83.9 cm³/mol. The summed E-state index contributed by atoms with van der Waals surface area (Å²) in [4.78, 5) is 1.46. The molecule has 1 aliphatic rings. The largest absolute Gasteiger partial charge is 0.397 e. The Morgan fingerprint density at radius 3 is 2.67 bits per heavy atom. The number of tetrazole rings is 1. The van der Waals surface area contributed by atoms with Gasteiger partial charge in [-0.1, -0.05) is 19.3 Å². The third-order valence-corrected chi connectivity index (χ3v) is 4.11. The monoisotopic (exact) mass is 286 g/mol. The zero-order valence-corrected chi connectivity index (χ0v) is 12.6. The first-order chi connectivity index (χ1) is 10.1. The van der Waals surface area contributed by atoms with E-state index in [-0.39, 0.29) is 0 Å². The number of hydrogen-bond acceptors (Lipinski definition) is 5. The van der Waals surface area contributed by atoms with Gasteiger partial charge in [0, 0.05) is 11.6 Å². The van der Waals surface area contributed by atoms with Crippen molar-refractivity contribution in [3.05, 3.63) is 17.7 Å². The van der Waals surface area contributed by atoms with Crippen molar-refractivity contribution in [2.75, 3.05) is 11.1 Å². The average molecular weight is 286 g/mol. The van der Waals surface area contributed by atoms with Crippen LogP contribution in [0.5, 0.6) is 0 Å². The number of nitrogens with zero attached hydrogens (tertiary/aromatic N) is 4. The zero-order chi connectivity index (χ0) is 14.8. The van der Waals surface area contributed by atoms with Gasteiger partial charge in [-0.15, -0.1) is 10.2 Å². The predicted octanol–water partition coefficient (Wildman–Crippen LogP) is 2.51. The van der Waals surface area contributed by atoms with Gasteiger partial charge in [-0.3, -0.25) is 0 Å². The molecule has 3 rings (SSSR count). The number of aryl methyl sites for hydroxylation is 2. The molecule has 1 heterocycles. The van der Waals surface area contributed by atoms with Crippen LogP contribution >= 0.6 is 0 Å². The van der Waals surface area contributed by atoms with Gasteiger partial charge >= 0.3 is 0 Å². The molecule has 0 atom stereocenters. The average Bonchev–Trinajstić information content (AvgIpc) is 2.90. The van der Waals surface area contributed by atoms with Gasteiger partial charge < -0.3 is 11.1 Å². The molecule has 3 N–H and O–H groups in total. The Labute approximate surface area is 124 Å². The fourth-order valence-electron chi connectivity index (χ4n) is 2.95. The van der Waals surface area contributed by atoms with Crippen molar-refractivity contribution in [3.8, 4) is 11.4 Å². The van der Waals surface area contributed by atoms with E-state index in [2.05, 4.69) is 33.7 Å². The Kier molecular flexibility index (Phi) is 3.77. The van der Waals surface area contributed by atoms with Crippen LogP contribution in [0.25, 0.3) is 11.4 Å². The number of benzene rings is 1. The van der Waals surface area contributed by atoms with Crippen LogP contribution in [0.2, 0.25) is 0 Å². The molecule has 1 fully saturated rings. The molecule has 0 unspecified atom stereocenters. The molecule has 1 aliphatic carbocycles. The molecule has 0 saturated heterocycles. The van der Waals surface area contributed by atoms with Crippen LogP contribution in [0.4, 0.5) is 11.4 Å². The second kappa shape index (κ2) is 5.71. The van der Waals surface area contributed by atoms with E-state index >= 15 is 0 Å². The van der Waals surface area contributed by atoms with Crippen molar-refractivity contribution in [2.45, 2.75) is 45.1 Å². The van der Waals surface area contributed by atoms with Gasteiger partial charge in [-0.2, -0.15) is 4.80 Å². The summed E-state index contributed by atoms with van der Waals surface area (Å²) < 4.78 is 0. The lowest BCUT2D eigenvalue weighted by Crippen LogP contribution is -2.22. The topological polar surface area (TPSA) is 81.6 Å². The number of nitrogen functional groups attached to an aromatic ring is 1. The summed E-state index contributed by atoms with van der Waals surface area (Å²) in [6.45, 7) is 2.05. The quantitative estimate of drug-likeness (QED) is 0.847.